The number of anilines is 2. The third kappa shape index (κ3) is 4.07. The molecule has 2 aliphatic rings. The number of amides is 3. The SMILES string of the molecule is COc1ccc2c(c1)C(=Cc1ccc(N3C[C@H](CNC(C)=O)OC3=O)cc1F)C(=O)N2. The first-order valence-corrected chi connectivity index (χ1v) is 9.59. The molecular formula is C22H20FN3O5. The second-order valence-electron chi connectivity index (χ2n) is 7.18. The predicted molar refractivity (Wildman–Crippen MR) is 112 cm³/mol. The van der Waals surface area contributed by atoms with Crippen LogP contribution in [-0.4, -0.2) is 44.2 Å². The van der Waals surface area contributed by atoms with E-state index >= 15 is 0 Å². The number of nitrogens with one attached hydrogen (secondary N) is 2. The van der Waals surface area contributed by atoms with Gasteiger partial charge in [0.2, 0.25) is 5.91 Å². The molecule has 160 valence electrons. The van der Waals surface area contributed by atoms with E-state index in [-0.39, 0.29) is 30.5 Å². The van der Waals surface area contributed by atoms with Crippen molar-refractivity contribution in [1.82, 2.24) is 5.32 Å². The molecule has 31 heavy (non-hydrogen) atoms. The number of hydrogen-bond donors (Lipinski definition) is 2. The standard InChI is InChI=1S/C22H20FN3O5/c1-12(27)24-10-16-11-26(22(29)31-16)14-4-3-13(19(23)8-14)7-18-17-9-15(30-2)5-6-20(17)25-21(18)28/h3-9,16H,10-11H2,1-2H3,(H,24,27)(H,25,28)/t16-/m0/s1. The molecule has 0 aliphatic carbocycles. The van der Waals surface area contributed by atoms with Gasteiger partial charge in [-0.15, -0.1) is 0 Å². The molecule has 0 aromatic heterocycles. The number of nitrogens with zero attached hydrogens (tertiary/aromatic N) is 1. The Kier molecular flexibility index (Phi) is 5.33. The third-order valence-electron chi connectivity index (χ3n) is 5.06. The number of hydrogen-bond acceptors (Lipinski definition) is 5. The third-order valence-corrected chi connectivity index (χ3v) is 5.06. The maximum Gasteiger partial charge on any atom is 0.414 e. The van der Waals surface area contributed by atoms with Crippen molar-refractivity contribution >= 4 is 40.9 Å². The molecule has 2 aliphatic heterocycles. The molecule has 9 heteroatoms. The fraction of sp³-hybridized carbons (Fsp3) is 0.227. The highest BCUT2D eigenvalue weighted by Crippen LogP contribution is 2.36. The topological polar surface area (TPSA) is 97.0 Å². The molecule has 0 bridgehead atoms. The molecule has 0 unspecified atom stereocenters. The van der Waals surface area contributed by atoms with Crippen molar-refractivity contribution < 1.29 is 28.2 Å². The zero-order valence-corrected chi connectivity index (χ0v) is 16.9. The van der Waals surface area contributed by atoms with Crippen molar-refractivity contribution in [3.05, 3.63) is 53.3 Å². The first-order valence-electron chi connectivity index (χ1n) is 9.59. The van der Waals surface area contributed by atoms with E-state index in [1.807, 2.05) is 0 Å². The monoisotopic (exact) mass is 425 g/mol. The maximum atomic E-state index is 14.8. The Morgan fingerprint density at radius 1 is 1.32 bits per heavy atom. The van der Waals surface area contributed by atoms with Gasteiger partial charge in [-0.2, -0.15) is 0 Å². The lowest BCUT2D eigenvalue weighted by Gasteiger charge is -2.14. The van der Waals surface area contributed by atoms with Gasteiger partial charge in [0.05, 0.1) is 25.9 Å². The predicted octanol–water partition coefficient (Wildman–Crippen LogP) is 2.79. The van der Waals surface area contributed by atoms with E-state index in [2.05, 4.69) is 10.6 Å². The zero-order valence-electron chi connectivity index (χ0n) is 16.9. The Hall–Kier alpha value is -3.88. The number of benzene rings is 2. The van der Waals surface area contributed by atoms with Gasteiger partial charge in [0.1, 0.15) is 17.7 Å². The molecule has 0 spiro atoms. The van der Waals surface area contributed by atoms with Gasteiger partial charge in [0.15, 0.2) is 0 Å². The van der Waals surface area contributed by atoms with Crippen molar-refractivity contribution in [2.75, 3.05) is 30.4 Å². The molecular weight excluding hydrogens is 405 g/mol. The van der Waals surface area contributed by atoms with E-state index in [1.165, 1.54) is 37.1 Å². The van der Waals surface area contributed by atoms with Crippen molar-refractivity contribution in [2.24, 2.45) is 0 Å². The average molecular weight is 425 g/mol. The van der Waals surface area contributed by atoms with Crippen LogP contribution in [0.15, 0.2) is 36.4 Å². The summed E-state index contributed by atoms with van der Waals surface area (Å²) in [5.74, 6) is -0.575. The summed E-state index contributed by atoms with van der Waals surface area (Å²) in [6.45, 7) is 1.74. The van der Waals surface area contributed by atoms with Gasteiger partial charge < -0.3 is 20.1 Å². The summed E-state index contributed by atoms with van der Waals surface area (Å²) in [7, 11) is 1.53. The molecule has 2 aromatic carbocycles. The fourth-order valence-corrected chi connectivity index (χ4v) is 3.49. The largest absolute Gasteiger partial charge is 0.497 e. The van der Waals surface area contributed by atoms with E-state index in [0.717, 1.165) is 0 Å². The van der Waals surface area contributed by atoms with Crippen LogP contribution in [0.2, 0.25) is 0 Å². The van der Waals surface area contributed by atoms with Crippen molar-refractivity contribution in [3.8, 4) is 5.75 Å². The van der Waals surface area contributed by atoms with Crippen molar-refractivity contribution in [3.63, 3.8) is 0 Å². The fourth-order valence-electron chi connectivity index (χ4n) is 3.49. The summed E-state index contributed by atoms with van der Waals surface area (Å²) in [5.41, 5.74) is 2.09. The number of carbonyl (C=O) groups is 3. The Balaban J connectivity index is 1.57. The second kappa shape index (κ2) is 8.10. The van der Waals surface area contributed by atoms with Gasteiger partial charge in [-0.3, -0.25) is 14.5 Å². The van der Waals surface area contributed by atoms with Gasteiger partial charge in [-0.25, -0.2) is 9.18 Å². The first kappa shape index (κ1) is 20.4. The first-order chi connectivity index (χ1) is 14.9. The summed E-state index contributed by atoms with van der Waals surface area (Å²) in [5, 5.41) is 5.33. The molecule has 4 rings (SSSR count). The van der Waals surface area contributed by atoms with Crippen LogP contribution >= 0.6 is 0 Å². The van der Waals surface area contributed by atoms with Crippen molar-refractivity contribution in [1.29, 1.82) is 0 Å². The lowest BCUT2D eigenvalue weighted by molar-refractivity contribution is -0.119. The quantitative estimate of drug-likeness (QED) is 0.718. The van der Waals surface area contributed by atoms with E-state index in [0.29, 0.717) is 28.3 Å². The summed E-state index contributed by atoms with van der Waals surface area (Å²) in [6.07, 6.45) is 0.327. The highest BCUT2D eigenvalue weighted by atomic mass is 19.1. The summed E-state index contributed by atoms with van der Waals surface area (Å²) in [4.78, 5) is 36.8. The molecule has 1 saturated heterocycles. The number of rotatable bonds is 5. The number of halogens is 1. The van der Waals surface area contributed by atoms with Crippen LogP contribution in [-0.2, 0) is 14.3 Å². The van der Waals surface area contributed by atoms with Gasteiger partial charge in [-0.05, 0) is 42.5 Å². The normalized spacial score (nSPS) is 18.6. The lowest BCUT2D eigenvalue weighted by atomic mass is 10.0. The van der Waals surface area contributed by atoms with Gasteiger partial charge >= 0.3 is 6.09 Å². The van der Waals surface area contributed by atoms with E-state index in [1.54, 1.807) is 24.3 Å². The van der Waals surface area contributed by atoms with Crippen LogP contribution in [0.4, 0.5) is 20.6 Å². The molecule has 2 N–H and O–H groups in total. The van der Waals surface area contributed by atoms with Crippen LogP contribution in [0.25, 0.3) is 11.6 Å². The molecule has 2 aromatic rings. The van der Waals surface area contributed by atoms with Crippen LogP contribution in [0.1, 0.15) is 18.1 Å². The molecule has 0 saturated carbocycles. The van der Waals surface area contributed by atoms with E-state index in [9.17, 15) is 18.8 Å². The highest BCUT2D eigenvalue weighted by molar-refractivity contribution is 6.35. The Bertz CT molecular complexity index is 1110. The average Bonchev–Trinajstić information content (AvgIpc) is 3.26. The van der Waals surface area contributed by atoms with Crippen LogP contribution in [0.5, 0.6) is 5.75 Å². The number of carbonyl (C=O) groups excluding carboxylic acids is 3. The molecule has 2 heterocycles. The minimum absolute atomic E-state index is 0.183. The molecule has 1 atom stereocenters. The van der Waals surface area contributed by atoms with Gasteiger partial charge in [0.25, 0.3) is 5.91 Å². The number of cyclic esters (lactones) is 1. The molecule has 1 fully saturated rings. The molecule has 3 amide bonds. The highest BCUT2D eigenvalue weighted by Gasteiger charge is 2.33. The second-order valence-corrected chi connectivity index (χ2v) is 7.18. The number of methoxy groups -OCH3 is 1. The summed E-state index contributed by atoms with van der Waals surface area (Å²) >= 11 is 0. The Morgan fingerprint density at radius 3 is 2.84 bits per heavy atom. The van der Waals surface area contributed by atoms with Gasteiger partial charge in [-0.1, -0.05) is 0 Å². The zero-order chi connectivity index (χ0) is 22.1. The molecule has 8 nitrogen and oxygen atoms in total. The smallest absolute Gasteiger partial charge is 0.414 e. The minimum atomic E-state index is -0.614. The van der Waals surface area contributed by atoms with E-state index < -0.39 is 18.0 Å². The Labute approximate surface area is 177 Å². The molecule has 0 radical (unpaired) electrons. The maximum absolute atomic E-state index is 14.8. The van der Waals surface area contributed by atoms with Crippen LogP contribution < -0.4 is 20.3 Å². The Morgan fingerprint density at radius 2 is 2.13 bits per heavy atom. The minimum Gasteiger partial charge on any atom is -0.497 e. The van der Waals surface area contributed by atoms with Crippen molar-refractivity contribution in [2.45, 2.75) is 13.0 Å². The van der Waals surface area contributed by atoms with Crippen LogP contribution in [0.3, 0.4) is 0 Å². The van der Waals surface area contributed by atoms with Gasteiger partial charge in [0, 0.05) is 29.3 Å². The lowest BCUT2D eigenvalue weighted by Crippen LogP contribution is -2.33. The van der Waals surface area contributed by atoms with E-state index in [4.69, 9.17) is 9.47 Å². The summed E-state index contributed by atoms with van der Waals surface area (Å²) in [6, 6.07) is 9.46. The number of fused-ring (bicyclic) bond motifs is 1. The summed E-state index contributed by atoms with van der Waals surface area (Å²) < 4.78 is 25.3. The van der Waals surface area contributed by atoms with Crippen LogP contribution in [0, 0.1) is 5.82 Å². The number of ether oxygens (including phenoxy) is 2.